The Morgan fingerprint density at radius 2 is 2.31 bits per heavy atom. The van der Waals surface area contributed by atoms with Crippen LogP contribution in [0, 0.1) is 18.3 Å². The van der Waals surface area contributed by atoms with Crippen LogP contribution in [0.1, 0.15) is 37.7 Å². The number of hydrogen-bond donors (Lipinski definition) is 1. The zero-order chi connectivity index (χ0) is 10.0. The topological polar surface area (TPSA) is 54.7 Å². The molecule has 1 aromatic rings. The molecule has 1 aromatic heterocycles. The minimum atomic E-state index is 0.340. The molecule has 0 unspecified atom stereocenters. The molecule has 2 N–H and O–H groups in total. The SMILES string of the molecule is CC[C@@H](C)n1c(C#N)cc(N)c1C. The molecule has 1 heterocycles. The summed E-state index contributed by atoms with van der Waals surface area (Å²) in [4.78, 5) is 0. The molecule has 3 nitrogen and oxygen atoms in total. The van der Waals surface area contributed by atoms with Gasteiger partial charge in [0.2, 0.25) is 0 Å². The summed E-state index contributed by atoms with van der Waals surface area (Å²) in [5.41, 5.74) is 8.09. The second-order valence-corrected chi connectivity index (χ2v) is 3.31. The van der Waals surface area contributed by atoms with Crippen LogP contribution < -0.4 is 5.73 Å². The van der Waals surface area contributed by atoms with Crippen molar-refractivity contribution < 1.29 is 0 Å². The first-order valence-corrected chi connectivity index (χ1v) is 4.49. The minimum Gasteiger partial charge on any atom is -0.397 e. The van der Waals surface area contributed by atoms with Crippen LogP contribution in [0.3, 0.4) is 0 Å². The molecule has 70 valence electrons. The number of nitrogens with two attached hydrogens (primary N) is 1. The predicted molar refractivity (Wildman–Crippen MR) is 53.3 cm³/mol. The minimum absolute atomic E-state index is 0.340. The normalized spacial score (nSPS) is 12.5. The van der Waals surface area contributed by atoms with E-state index >= 15 is 0 Å². The Morgan fingerprint density at radius 3 is 2.77 bits per heavy atom. The first-order valence-electron chi connectivity index (χ1n) is 4.49. The number of nitrogen functional groups attached to an aromatic ring is 1. The van der Waals surface area contributed by atoms with E-state index in [1.54, 1.807) is 6.07 Å². The molecule has 0 aliphatic heterocycles. The average molecular weight is 177 g/mol. The van der Waals surface area contributed by atoms with Gasteiger partial charge >= 0.3 is 0 Å². The molecule has 3 heteroatoms. The molecule has 0 spiro atoms. The maximum Gasteiger partial charge on any atom is 0.122 e. The summed E-state index contributed by atoms with van der Waals surface area (Å²) in [6.07, 6.45) is 1.00. The lowest BCUT2D eigenvalue weighted by Gasteiger charge is -2.14. The largest absolute Gasteiger partial charge is 0.397 e. The third-order valence-corrected chi connectivity index (χ3v) is 2.48. The Kier molecular flexibility index (Phi) is 2.62. The van der Waals surface area contributed by atoms with Crippen molar-refractivity contribution in [3.05, 3.63) is 17.5 Å². The lowest BCUT2D eigenvalue weighted by Crippen LogP contribution is -2.08. The summed E-state index contributed by atoms with van der Waals surface area (Å²) >= 11 is 0. The first kappa shape index (κ1) is 9.66. The lowest BCUT2D eigenvalue weighted by atomic mass is 10.2. The van der Waals surface area contributed by atoms with E-state index in [4.69, 9.17) is 11.0 Å². The van der Waals surface area contributed by atoms with Crippen molar-refractivity contribution in [3.63, 3.8) is 0 Å². The smallest absolute Gasteiger partial charge is 0.122 e. The highest BCUT2D eigenvalue weighted by Crippen LogP contribution is 2.23. The van der Waals surface area contributed by atoms with E-state index in [2.05, 4.69) is 19.9 Å². The van der Waals surface area contributed by atoms with Gasteiger partial charge in [-0.15, -0.1) is 0 Å². The highest BCUT2D eigenvalue weighted by atomic mass is 15.0. The van der Waals surface area contributed by atoms with Crippen LogP contribution in [-0.2, 0) is 0 Å². The second kappa shape index (κ2) is 3.53. The van der Waals surface area contributed by atoms with Gasteiger partial charge in [0, 0.05) is 11.7 Å². The van der Waals surface area contributed by atoms with Gasteiger partial charge in [-0.25, -0.2) is 0 Å². The molecule has 0 radical (unpaired) electrons. The van der Waals surface area contributed by atoms with Crippen molar-refractivity contribution in [3.8, 4) is 6.07 Å². The van der Waals surface area contributed by atoms with Crippen molar-refractivity contribution in [2.24, 2.45) is 0 Å². The average Bonchev–Trinajstić information content (AvgIpc) is 2.42. The van der Waals surface area contributed by atoms with Crippen LogP contribution in [0.15, 0.2) is 6.07 Å². The van der Waals surface area contributed by atoms with Crippen molar-refractivity contribution in [1.82, 2.24) is 4.57 Å². The Hall–Kier alpha value is -1.43. The Bertz CT molecular complexity index is 344. The van der Waals surface area contributed by atoms with Gasteiger partial charge < -0.3 is 10.3 Å². The van der Waals surface area contributed by atoms with E-state index < -0.39 is 0 Å². The monoisotopic (exact) mass is 177 g/mol. The van der Waals surface area contributed by atoms with Gasteiger partial charge in [0.15, 0.2) is 0 Å². The number of hydrogen-bond acceptors (Lipinski definition) is 2. The number of nitrogens with zero attached hydrogens (tertiary/aromatic N) is 2. The molecule has 0 aliphatic carbocycles. The third-order valence-electron chi connectivity index (χ3n) is 2.48. The molecule has 13 heavy (non-hydrogen) atoms. The van der Waals surface area contributed by atoms with Crippen LogP contribution in [0.2, 0.25) is 0 Å². The van der Waals surface area contributed by atoms with E-state index in [9.17, 15) is 0 Å². The third kappa shape index (κ3) is 1.52. The first-order chi connectivity index (χ1) is 6.11. The number of anilines is 1. The van der Waals surface area contributed by atoms with Crippen molar-refractivity contribution in [1.29, 1.82) is 5.26 Å². The maximum atomic E-state index is 8.87. The molecule has 1 atom stereocenters. The van der Waals surface area contributed by atoms with Gasteiger partial charge in [0.05, 0.1) is 5.69 Å². The summed E-state index contributed by atoms with van der Waals surface area (Å²) < 4.78 is 2.00. The Labute approximate surface area is 78.8 Å². The van der Waals surface area contributed by atoms with E-state index in [0.717, 1.165) is 12.1 Å². The van der Waals surface area contributed by atoms with Crippen LogP contribution in [0.4, 0.5) is 5.69 Å². The number of nitriles is 1. The van der Waals surface area contributed by atoms with Crippen molar-refractivity contribution >= 4 is 5.69 Å². The lowest BCUT2D eigenvalue weighted by molar-refractivity contribution is 0.518. The van der Waals surface area contributed by atoms with E-state index in [0.29, 0.717) is 17.4 Å². The molecule has 0 aliphatic rings. The highest BCUT2D eigenvalue weighted by molar-refractivity contribution is 5.50. The Balaban J connectivity index is 3.25. The molecule has 0 fully saturated rings. The van der Waals surface area contributed by atoms with Crippen molar-refractivity contribution in [2.75, 3.05) is 5.73 Å². The van der Waals surface area contributed by atoms with Gasteiger partial charge in [0.1, 0.15) is 11.8 Å². The maximum absolute atomic E-state index is 8.87. The van der Waals surface area contributed by atoms with Crippen molar-refractivity contribution in [2.45, 2.75) is 33.2 Å². The number of aromatic nitrogens is 1. The van der Waals surface area contributed by atoms with E-state index in [-0.39, 0.29) is 0 Å². The molecule has 0 saturated carbocycles. The van der Waals surface area contributed by atoms with E-state index in [1.807, 2.05) is 11.5 Å². The Morgan fingerprint density at radius 1 is 1.69 bits per heavy atom. The standard InChI is InChI=1S/C10H15N3/c1-4-7(2)13-8(3)10(12)5-9(13)6-11/h5,7H,4,12H2,1-3H3/t7-/m1/s1. The molecule has 1 rings (SSSR count). The van der Waals surface area contributed by atoms with Gasteiger partial charge in [-0.1, -0.05) is 6.92 Å². The summed E-state index contributed by atoms with van der Waals surface area (Å²) in [7, 11) is 0. The molecular weight excluding hydrogens is 162 g/mol. The summed E-state index contributed by atoms with van der Waals surface area (Å²) in [5.74, 6) is 0. The summed E-state index contributed by atoms with van der Waals surface area (Å²) in [6, 6.07) is 4.23. The van der Waals surface area contributed by atoms with Crippen LogP contribution >= 0.6 is 0 Å². The van der Waals surface area contributed by atoms with E-state index in [1.165, 1.54) is 0 Å². The predicted octanol–water partition coefficient (Wildman–Crippen LogP) is 2.22. The fourth-order valence-electron chi connectivity index (χ4n) is 1.48. The quantitative estimate of drug-likeness (QED) is 0.753. The fourth-order valence-corrected chi connectivity index (χ4v) is 1.48. The second-order valence-electron chi connectivity index (χ2n) is 3.31. The molecule has 0 aromatic carbocycles. The number of rotatable bonds is 2. The summed E-state index contributed by atoms with van der Waals surface area (Å²) in [5, 5.41) is 8.87. The fraction of sp³-hybridized carbons (Fsp3) is 0.500. The van der Waals surface area contributed by atoms with Gasteiger partial charge in [-0.05, 0) is 26.3 Å². The van der Waals surface area contributed by atoms with Crippen LogP contribution in [-0.4, -0.2) is 4.57 Å². The molecule has 0 bridgehead atoms. The van der Waals surface area contributed by atoms with Crippen LogP contribution in [0.5, 0.6) is 0 Å². The highest BCUT2D eigenvalue weighted by Gasteiger charge is 2.12. The van der Waals surface area contributed by atoms with Gasteiger partial charge in [-0.3, -0.25) is 0 Å². The zero-order valence-electron chi connectivity index (χ0n) is 8.33. The summed E-state index contributed by atoms with van der Waals surface area (Å²) in [6.45, 7) is 6.14. The zero-order valence-corrected chi connectivity index (χ0v) is 8.33. The molecular formula is C10H15N3. The van der Waals surface area contributed by atoms with Crippen LogP contribution in [0.25, 0.3) is 0 Å². The van der Waals surface area contributed by atoms with Gasteiger partial charge in [-0.2, -0.15) is 5.26 Å². The molecule has 0 amide bonds. The molecule has 0 saturated heterocycles. The van der Waals surface area contributed by atoms with Gasteiger partial charge in [0.25, 0.3) is 0 Å².